The molecular weight excluding hydrogens is 364 g/mol. The van der Waals surface area contributed by atoms with Gasteiger partial charge in [-0.3, -0.25) is 9.59 Å². The van der Waals surface area contributed by atoms with Crippen LogP contribution in [0.4, 0.5) is 5.82 Å². The van der Waals surface area contributed by atoms with E-state index in [0.29, 0.717) is 18.9 Å². The molecule has 1 N–H and O–H groups in total. The molecule has 1 fully saturated rings. The van der Waals surface area contributed by atoms with E-state index in [4.69, 9.17) is 0 Å². The number of benzene rings is 2. The van der Waals surface area contributed by atoms with Crippen LogP contribution in [0.5, 0.6) is 0 Å². The maximum absolute atomic E-state index is 12.9. The number of carbonyl (C=O) groups is 1. The van der Waals surface area contributed by atoms with Crippen LogP contribution in [0.3, 0.4) is 0 Å². The molecule has 1 aliphatic heterocycles. The Kier molecular flexibility index (Phi) is 5.34. The molecule has 0 bridgehead atoms. The third kappa shape index (κ3) is 3.88. The first-order chi connectivity index (χ1) is 14.0. The van der Waals surface area contributed by atoms with E-state index in [1.807, 2.05) is 60.4 Å². The van der Waals surface area contributed by atoms with Gasteiger partial charge < -0.3 is 14.8 Å². The lowest BCUT2D eigenvalue weighted by Gasteiger charge is -2.32. The van der Waals surface area contributed by atoms with Gasteiger partial charge in [-0.25, -0.2) is 4.98 Å². The predicted molar refractivity (Wildman–Crippen MR) is 115 cm³/mol. The highest BCUT2D eigenvalue weighted by Gasteiger charge is 2.28. The van der Waals surface area contributed by atoms with Gasteiger partial charge in [0, 0.05) is 26.7 Å². The minimum absolute atomic E-state index is 0.0376. The number of anilines is 1. The molecule has 6 nitrogen and oxygen atoms in total. The van der Waals surface area contributed by atoms with Gasteiger partial charge in [-0.1, -0.05) is 36.4 Å². The van der Waals surface area contributed by atoms with Crippen LogP contribution in [0.15, 0.2) is 53.3 Å². The third-order valence-electron chi connectivity index (χ3n) is 5.77. The van der Waals surface area contributed by atoms with Crippen LogP contribution in [0.1, 0.15) is 24.0 Å². The van der Waals surface area contributed by atoms with E-state index in [1.54, 1.807) is 11.6 Å². The highest BCUT2D eigenvalue weighted by atomic mass is 16.2. The Balaban J connectivity index is 1.50. The Morgan fingerprint density at radius 2 is 1.93 bits per heavy atom. The summed E-state index contributed by atoms with van der Waals surface area (Å²) < 4.78 is 1.64. The zero-order valence-corrected chi connectivity index (χ0v) is 16.9. The minimum atomic E-state index is -0.147. The number of nitrogens with one attached hydrogen (secondary N) is 1. The largest absolute Gasteiger partial charge is 0.352 e. The van der Waals surface area contributed by atoms with Crippen molar-refractivity contribution >= 4 is 22.8 Å². The molecule has 1 unspecified atom stereocenters. The number of aryl methyl sites for hydroxylation is 2. The van der Waals surface area contributed by atoms with Crippen molar-refractivity contribution in [2.75, 3.05) is 18.0 Å². The van der Waals surface area contributed by atoms with Gasteiger partial charge in [0.1, 0.15) is 0 Å². The molecule has 1 saturated heterocycles. The van der Waals surface area contributed by atoms with E-state index in [2.05, 4.69) is 10.3 Å². The van der Waals surface area contributed by atoms with Crippen molar-refractivity contribution in [3.05, 3.63) is 70.0 Å². The normalized spacial score (nSPS) is 16.8. The molecular formula is C23H26N4O2. The molecule has 0 saturated carbocycles. The number of rotatable bonds is 4. The van der Waals surface area contributed by atoms with Gasteiger partial charge in [-0.15, -0.1) is 0 Å². The molecule has 1 aliphatic rings. The zero-order valence-electron chi connectivity index (χ0n) is 16.9. The number of nitrogens with zero attached hydrogens (tertiary/aromatic N) is 3. The number of hydrogen-bond donors (Lipinski definition) is 1. The van der Waals surface area contributed by atoms with Gasteiger partial charge in [0.05, 0.1) is 17.0 Å². The first kappa shape index (κ1) is 19.2. The summed E-state index contributed by atoms with van der Waals surface area (Å²) in [7, 11) is 1.77. The lowest BCUT2D eigenvalue weighted by Crippen LogP contribution is -2.45. The summed E-state index contributed by atoms with van der Waals surface area (Å²) >= 11 is 0. The zero-order chi connectivity index (χ0) is 20.4. The quantitative estimate of drug-likeness (QED) is 0.744. The van der Waals surface area contributed by atoms with Crippen molar-refractivity contribution in [2.45, 2.75) is 26.3 Å². The standard InChI is InChI=1S/C23H26N4O2/c1-16-8-3-4-9-17(16)14-24-22(28)18-10-7-13-27(15-18)21-23(29)26(2)20-12-6-5-11-19(20)25-21/h3-6,8-9,11-12,18H,7,10,13-15H2,1-2H3,(H,24,28). The van der Waals surface area contributed by atoms with Gasteiger partial charge >= 0.3 is 0 Å². The molecule has 4 rings (SSSR count). The van der Waals surface area contributed by atoms with E-state index in [1.165, 1.54) is 5.56 Å². The van der Waals surface area contributed by atoms with Gasteiger partial charge in [-0.2, -0.15) is 0 Å². The maximum atomic E-state index is 12.9. The van der Waals surface area contributed by atoms with E-state index >= 15 is 0 Å². The molecule has 29 heavy (non-hydrogen) atoms. The van der Waals surface area contributed by atoms with Crippen molar-refractivity contribution in [2.24, 2.45) is 13.0 Å². The average Bonchev–Trinajstić information content (AvgIpc) is 2.75. The van der Waals surface area contributed by atoms with Crippen LogP contribution in [0.2, 0.25) is 0 Å². The SMILES string of the molecule is Cc1ccccc1CNC(=O)C1CCCN(c2nc3ccccc3n(C)c2=O)C1. The molecule has 3 aromatic rings. The van der Waals surface area contributed by atoms with Crippen LogP contribution in [-0.2, 0) is 18.4 Å². The predicted octanol–water partition coefficient (Wildman–Crippen LogP) is 2.77. The van der Waals surface area contributed by atoms with E-state index in [9.17, 15) is 9.59 Å². The first-order valence-electron chi connectivity index (χ1n) is 10.1. The van der Waals surface area contributed by atoms with Crippen molar-refractivity contribution in [1.82, 2.24) is 14.9 Å². The van der Waals surface area contributed by atoms with Gasteiger partial charge in [0.2, 0.25) is 5.91 Å². The number of hydrogen-bond acceptors (Lipinski definition) is 4. The van der Waals surface area contributed by atoms with Crippen molar-refractivity contribution < 1.29 is 4.79 Å². The van der Waals surface area contributed by atoms with Crippen LogP contribution in [0, 0.1) is 12.8 Å². The second-order valence-electron chi connectivity index (χ2n) is 7.72. The Morgan fingerprint density at radius 1 is 1.17 bits per heavy atom. The summed E-state index contributed by atoms with van der Waals surface area (Å²) in [6.07, 6.45) is 1.68. The fourth-order valence-corrected chi connectivity index (χ4v) is 3.99. The molecule has 2 heterocycles. The number of carbonyl (C=O) groups excluding carboxylic acids is 1. The molecule has 1 atom stereocenters. The van der Waals surface area contributed by atoms with Crippen LogP contribution in [0.25, 0.3) is 11.0 Å². The van der Waals surface area contributed by atoms with Crippen LogP contribution >= 0.6 is 0 Å². The van der Waals surface area contributed by atoms with Gasteiger partial charge in [0.15, 0.2) is 5.82 Å². The topological polar surface area (TPSA) is 67.2 Å². The monoisotopic (exact) mass is 390 g/mol. The summed E-state index contributed by atoms with van der Waals surface area (Å²) in [6.45, 7) is 3.82. The summed E-state index contributed by atoms with van der Waals surface area (Å²) in [6, 6.07) is 15.7. The molecule has 2 aromatic carbocycles. The van der Waals surface area contributed by atoms with Crippen molar-refractivity contribution in [3.8, 4) is 0 Å². The minimum Gasteiger partial charge on any atom is -0.352 e. The lowest BCUT2D eigenvalue weighted by molar-refractivity contribution is -0.125. The number of amides is 1. The smallest absolute Gasteiger partial charge is 0.293 e. The third-order valence-corrected chi connectivity index (χ3v) is 5.77. The molecule has 0 spiro atoms. The van der Waals surface area contributed by atoms with E-state index in [-0.39, 0.29) is 17.4 Å². The summed E-state index contributed by atoms with van der Waals surface area (Å²) in [4.78, 5) is 32.2. The van der Waals surface area contributed by atoms with Crippen molar-refractivity contribution in [1.29, 1.82) is 0 Å². The molecule has 150 valence electrons. The fourth-order valence-electron chi connectivity index (χ4n) is 3.99. The Bertz CT molecular complexity index is 1110. The maximum Gasteiger partial charge on any atom is 0.293 e. The van der Waals surface area contributed by atoms with Gasteiger partial charge in [0.25, 0.3) is 5.56 Å². The highest BCUT2D eigenvalue weighted by Crippen LogP contribution is 2.22. The summed E-state index contributed by atoms with van der Waals surface area (Å²) in [5, 5.41) is 3.07. The molecule has 1 amide bonds. The van der Waals surface area contributed by atoms with Crippen LogP contribution < -0.4 is 15.8 Å². The second-order valence-corrected chi connectivity index (χ2v) is 7.72. The average molecular weight is 390 g/mol. The van der Waals surface area contributed by atoms with E-state index < -0.39 is 0 Å². The molecule has 0 radical (unpaired) electrons. The van der Waals surface area contributed by atoms with Crippen molar-refractivity contribution in [3.63, 3.8) is 0 Å². The molecule has 0 aliphatic carbocycles. The summed E-state index contributed by atoms with van der Waals surface area (Å²) in [5.74, 6) is 0.323. The first-order valence-corrected chi connectivity index (χ1v) is 10.1. The second kappa shape index (κ2) is 8.07. The van der Waals surface area contributed by atoms with Crippen LogP contribution in [-0.4, -0.2) is 28.5 Å². The number of fused-ring (bicyclic) bond motifs is 1. The van der Waals surface area contributed by atoms with E-state index in [0.717, 1.165) is 36.0 Å². The Labute approximate surface area is 170 Å². The molecule has 1 aromatic heterocycles. The summed E-state index contributed by atoms with van der Waals surface area (Å²) in [5.41, 5.74) is 3.77. The number of para-hydroxylation sites is 2. The number of piperidine rings is 1. The lowest BCUT2D eigenvalue weighted by atomic mass is 9.97. The van der Waals surface area contributed by atoms with Gasteiger partial charge in [-0.05, 0) is 43.0 Å². The Morgan fingerprint density at radius 3 is 2.76 bits per heavy atom. The Hall–Kier alpha value is -3.15. The fraction of sp³-hybridized carbons (Fsp3) is 0.348. The molecule has 6 heteroatoms. The number of aromatic nitrogens is 2. The highest BCUT2D eigenvalue weighted by molar-refractivity contribution is 5.80.